The maximum atomic E-state index is 13.1. The van der Waals surface area contributed by atoms with Crippen molar-refractivity contribution >= 4 is 44.9 Å². The Labute approximate surface area is 219 Å². The van der Waals surface area contributed by atoms with Crippen LogP contribution in [0.1, 0.15) is 56.9 Å². The third kappa shape index (κ3) is 5.89. The van der Waals surface area contributed by atoms with Crippen LogP contribution in [0.15, 0.2) is 54.6 Å². The van der Waals surface area contributed by atoms with Crippen LogP contribution in [-0.2, 0) is 11.2 Å². The molecule has 0 spiro atoms. The van der Waals surface area contributed by atoms with Crippen molar-refractivity contribution in [2.75, 3.05) is 0 Å². The zero-order chi connectivity index (χ0) is 26.0. The molecular formula is C29H28ClNO4S. The van der Waals surface area contributed by atoms with E-state index in [1.54, 1.807) is 0 Å². The van der Waals surface area contributed by atoms with Crippen LogP contribution < -0.4 is 10.1 Å². The Morgan fingerprint density at radius 3 is 2.53 bits per heavy atom. The number of carbonyl (C=O) groups excluding carboxylic acids is 1. The standard InChI is InChI=1S/C29H28ClNO4S/c1-16-11-21(14-24(12-16)35-23-8-5-20(17(2)13-23)6-10-27(32)33)19(4)31-29(34)28-18(3)25-15-22(30)7-9-26(25)36-28/h5,7-9,11-15,19H,6,10H2,1-4H3,(H,31,34)(H,32,33)/t19-/m1/s1. The fourth-order valence-corrected chi connectivity index (χ4v) is 5.50. The number of carboxylic acids is 1. The average molecular weight is 522 g/mol. The number of ether oxygens (including phenoxy) is 1. The van der Waals surface area contributed by atoms with Crippen LogP contribution in [0.2, 0.25) is 5.02 Å². The molecule has 1 aromatic heterocycles. The van der Waals surface area contributed by atoms with Crippen LogP contribution >= 0.6 is 22.9 Å². The zero-order valence-corrected chi connectivity index (χ0v) is 22.2. The molecule has 1 heterocycles. The summed E-state index contributed by atoms with van der Waals surface area (Å²) in [6, 6.07) is 17.1. The number of rotatable bonds is 8. The van der Waals surface area contributed by atoms with Gasteiger partial charge in [-0.15, -0.1) is 11.3 Å². The molecule has 3 aromatic carbocycles. The van der Waals surface area contributed by atoms with Crippen molar-refractivity contribution in [1.29, 1.82) is 0 Å². The summed E-state index contributed by atoms with van der Waals surface area (Å²) in [5.74, 6) is 0.430. The second kappa shape index (κ2) is 10.7. The molecule has 4 aromatic rings. The fourth-order valence-electron chi connectivity index (χ4n) is 4.23. The number of hydrogen-bond donors (Lipinski definition) is 2. The van der Waals surface area contributed by atoms with E-state index in [1.807, 2.05) is 82.3 Å². The number of aliphatic carboxylic acids is 1. The quantitative estimate of drug-likeness (QED) is 0.248. The van der Waals surface area contributed by atoms with E-state index in [0.717, 1.165) is 37.9 Å². The SMILES string of the molecule is Cc1cc(Oc2ccc(CCC(=O)O)c(C)c2)cc([C@@H](C)NC(=O)c2sc3ccc(Cl)cc3c2C)c1. The lowest BCUT2D eigenvalue weighted by molar-refractivity contribution is -0.136. The normalized spacial score (nSPS) is 11.9. The van der Waals surface area contributed by atoms with Crippen molar-refractivity contribution in [3.63, 3.8) is 0 Å². The summed E-state index contributed by atoms with van der Waals surface area (Å²) in [5, 5.41) is 13.7. The number of carbonyl (C=O) groups is 2. The Bertz CT molecular complexity index is 1460. The first-order chi connectivity index (χ1) is 17.1. The number of benzene rings is 3. The van der Waals surface area contributed by atoms with Crippen molar-refractivity contribution in [3.8, 4) is 11.5 Å². The number of amides is 1. The van der Waals surface area contributed by atoms with Gasteiger partial charge in [-0.25, -0.2) is 0 Å². The Balaban J connectivity index is 1.50. The molecule has 5 nitrogen and oxygen atoms in total. The third-order valence-corrected chi connectivity index (χ3v) is 7.69. The van der Waals surface area contributed by atoms with Gasteiger partial charge in [0.2, 0.25) is 0 Å². The molecule has 0 unspecified atom stereocenters. The molecule has 4 rings (SSSR count). The first-order valence-corrected chi connectivity index (χ1v) is 12.9. The molecule has 1 amide bonds. The number of nitrogens with one attached hydrogen (secondary N) is 1. The zero-order valence-electron chi connectivity index (χ0n) is 20.6. The largest absolute Gasteiger partial charge is 0.481 e. The van der Waals surface area contributed by atoms with E-state index in [0.29, 0.717) is 27.8 Å². The van der Waals surface area contributed by atoms with Gasteiger partial charge in [0.1, 0.15) is 11.5 Å². The highest BCUT2D eigenvalue weighted by Gasteiger charge is 2.19. The highest BCUT2D eigenvalue weighted by molar-refractivity contribution is 7.21. The van der Waals surface area contributed by atoms with Gasteiger partial charge in [0.05, 0.1) is 10.9 Å². The van der Waals surface area contributed by atoms with Gasteiger partial charge in [-0.3, -0.25) is 9.59 Å². The Kier molecular flexibility index (Phi) is 7.67. The van der Waals surface area contributed by atoms with Crippen molar-refractivity contribution < 1.29 is 19.4 Å². The van der Waals surface area contributed by atoms with Gasteiger partial charge >= 0.3 is 5.97 Å². The van der Waals surface area contributed by atoms with Crippen molar-refractivity contribution in [3.05, 3.63) is 92.3 Å². The lowest BCUT2D eigenvalue weighted by atomic mass is 10.0. The van der Waals surface area contributed by atoms with Gasteiger partial charge in [-0.1, -0.05) is 23.7 Å². The minimum atomic E-state index is -0.810. The lowest BCUT2D eigenvalue weighted by Gasteiger charge is -2.17. The predicted molar refractivity (Wildman–Crippen MR) is 146 cm³/mol. The maximum Gasteiger partial charge on any atom is 0.303 e. The molecule has 0 fully saturated rings. The Morgan fingerprint density at radius 1 is 1.03 bits per heavy atom. The molecule has 1 atom stereocenters. The third-order valence-electron chi connectivity index (χ3n) is 6.18. The topological polar surface area (TPSA) is 75.6 Å². The summed E-state index contributed by atoms with van der Waals surface area (Å²) in [6.07, 6.45) is 0.584. The van der Waals surface area contributed by atoms with Crippen LogP contribution in [0.5, 0.6) is 11.5 Å². The van der Waals surface area contributed by atoms with E-state index in [-0.39, 0.29) is 18.4 Å². The number of hydrogen-bond acceptors (Lipinski definition) is 4. The van der Waals surface area contributed by atoms with Gasteiger partial charge in [0, 0.05) is 16.1 Å². The van der Waals surface area contributed by atoms with Gasteiger partial charge in [-0.2, -0.15) is 0 Å². The minimum absolute atomic E-state index is 0.0979. The molecule has 0 radical (unpaired) electrons. The van der Waals surface area contributed by atoms with Crippen LogP contribution in [0, 0.1) is 20.8 Å². The number of carboxylic acid groups (broad SMARTS) is 1. The van der Waals surface area contributed by atoms with Gasteiger partial charge < -0.3 is 15.2 Å². The van der Waals surface area contributed by atoms with Crippen molar-refractivity contribution in [1.82, 2.24) is 5.32 Å². The molecule has 0 aliphatic carbocycles. The lowest BCUT2D eigenvalue weighted by Crippen LogP contribution is -2.26. The van der Waals surface area contributed by atoms with Crippen molar-refractivity contribution in [2.24, 2.45) is 0 Å². The summed E-state index contributed by atoms with van der Waals surface area (Å²) in [4.78, 5) is 24.7. The van der Waals surface area contributed by atoms with Crippen LogP contribution in [0.3, 0.4) is 0 Å². The molecule has 0 bridgehead atoms. The molecule has 7 heteroatoms. The van der Waals surface area contributed by atoms with Gasteiger partial charge in [0.15, 0.2) is 0 Å². The van der Waals surface area contributed by atoms with Crippen LogP contribution in [0.25, 0.3) is 10.1 Å². The number of halogens is 1. The molecule has 2 N–H and O–H groups in total. The summed E-state index contributed by atoms with van der Waals surface area (Å²) < 4.78 is 7.16. The number of aryl methyl sites for hydroxylation is 4. The second-order valence-corrected chi connectivity index (χ2v) is 10.5. The highest BCUT2D eigenvalue weighted by Crippen LogP contribution is 2.33. The smallest absolute Gasteiger partial charge is 0.303 e. The monoisotopic (exact) mass is 521 g/mol. The maximum absolute atomic E-state index is 13.1. The van der Waals surface area contributed by atoms with Gasteiger partial charge in [-0.05, 0) is 110 Å². The van der Waals surface area contributed by atoms with E-state index in [4.69, 9.17) is 21.4 Å². The van der Waals surface area contributed by atoms with E-state index in [1.165, 1.54) is 11.3 Å². The molecular weight excluding hydrogens is 494 g/mol. The van der Waals surface area contributed by atoms with E-state index in [2.05, 4.69) is 5.32 Å². The summed E-state index contributed by atoms with van der Waals surface area (Å²) >= 11 is 7.61. The second-order valence-electron chi connectivity index (χ2n) is 9.06. The average Bonchev–Trinajstić information content (AvgIpc) is 3.14. The molecule has 0 aliphatic rings. The number of thiophene rings is 1. The summed E-state index contributed by atoms with van der Waals surface area (Å²) in [5.41, 5.74) is 4.87. The Morgan fingerprint density at radius 2 is 1.81 bits per heavy atom. The van der Waals surface area contributed by atoms with Gasteiger partial charge in [0.25, 0.3) is 5.91 Å². The Hall–Kier alpha value is -3.35. The van der Waals surface area contributed by atoms with Crippen LogP contribution in [0.4, 0.5) is 0 Å². The molecule has 36 heavy (non-hydrogen) atoms. The summed E-state index contributed by atoms with van der Waals surface area (Å²) in [7, 11) is 0. The van der Waals surface area contributed by atoms with Crippen molar-refractivity contribution in [2.45, 2.75) is 46.6 Å². The molecule has 186 valence electrons. The highest BCUT2D eigenvalue weighted by atomic mass is 35.5. The van der Waals surface area contributed by atoms with Crippen LogP contribution in [-0.4, -0.2) is 17.0 Å². The minimum Gasteiger partial charge on any atom is -0.481 e. The fraction of sp³-hybridized carbons (Fsp3) is 0.241. The predicted octanol–water partition coefficient (Wildman–Crippen LogP) is 7.78. The molecule has 0 aliphatic heterocycles. The van der Waals surface area contributed by atoms with E-state index in [9.17, 15) is 9.59 Å². The van der Waals surface area contributed by atoms with E-state index >= 15 is 0 Å². The first kappa shape index (κ1) is 25.7. The first-order valence-electron chi connectivity index (χ1n) is 11.7. The molecule has 0 saturated carbocycles. The number of fused-ring (bicyclic) bond motifs is 1. The molecule has 0 saturated heterocycles. The summed E-state index contributed by atoms with van der Waals surface area (Å²) in [6.45, 7) is 7.85. The van der Waals surface area contributed by atoms with E-state index < -0.39 is 5.97 Å².